The van der Waals surface area contributed by atoms with Crippen LogP contribution in [-0.4, -0.2) is 16.1 Å². The molecule has 0 spiro atoms. The van der Waals surface area contributed by atoms with Crippen LogP contribution in [0.5, 0.6) is 0 Å². The highest BCUT2D eigenvalue weighted by Gasteiger charge is 2.22. The van der Waals surface area contributed by atoms with Crippen LogP contribution in [0.1, 0.15) is 43.8 Å². The van der Waals surface area contributed by atoms with Gasteiger partial charge in [0.15, 0.2) is 0 Å². The number of hydrogen-bond acceptors (Lipinski definition) is 2. The maximum atomic E-state index is 13.8. The molecule has 1 aromatic rings. The van der Waals surface area contributed by atoms with Crippen LogP contribution in [0.25, 0.3) is 0 Å². The summed E-state index contributed by atoms with van der Waals surface area (Å²) in [6.07, 6.45) is 4.89. The number of aliphatic hydroxyl groups excluding tert-OH is 1. The second kappa shape index (κ2) is 7.04. The number of thioether (sulfide) groups is 1. The first-order chi connectivity index (χ1) is 9.09. The van der Waals surface area contributed by atoms with Crippen molar-refractivity contribution < 1.29 is 13.9 Å². The first kappa shape index (κ1) is 15.3. The van der Waals surface area contributed by atoms with E-state index in [2.05, 4.69) is 15.9 Å². The molecule has 1 nitrogen and oxygen atoms in total. The van der Waals surface area contributed by atoms with Gasteiger partial charge in [-0.1, -0.05) is 19.3 Å². The van der Waals surface area contributed by atoms with Gasteiger partial charge in [0.2, 0.25) is 0 Å². The summed E-state index contributed by atoms with van der Waals surface area (Å²) in [4.78, 5) is 0. The molecule has 1 unspecified atom stereocenters. The minimum Gasteiger partial charge on any atom is -0.387 e. The second-order valence-corrected chi connectivity index (χ2v) is 7.05. The molecule has 0 saturated heterocycles. The van der Waals surface area contributed by atoms with Crippen LogP contribution in [0.3, 0.4) is 0 Å². The van der Waals surface area contributed by atoms with Gasteiger partial charge in [0, 0.05) is 11.0 Å². The summed E-state index contributed by atoms with van der Waals surface area (Å²) in [5.41, 5.74) is -0.224. The van der Waals surface area contributed by atoms with Gasteiger partial charge in [0.1, 0.15) is 11.6 Å². The zero-order chi connectivity index (χ0) is 13.8. The van der Waals surface area contributed by atoms with Gasteiger partial charge in [-0.3, -0.25) is 0 Å². The van der Waals surface area contributed by atoms with E-state index in [1.807, 2.05) is 0 Å². The normalized spacial score (nSPS) is 18.5. The van der Waals surface area contributed by atoms with Gasteiger partial charge in [-0.05, 0) is 40.9 Å². The molecule has 0 amide bonds. The first-order valence-electron chi connectivity index (χ1n) is 6.52. The Morgan fingerprint density at radius 1 is 1.26 bits per heavy atom. The molecular weight excluding hydrogens is 334 g/mol. The highest BCUT2D eigenvalue weighted by atomic mass is 79.9. The lowest BCUT2D eigenvalue weighted by molar-refractivity contribution is 0.193. The van der Waals surface area contributed by atoms with Crippen LogP contribution < -0.4 is 0 Å². The average Bonchev–Trinajstić information content (AvgIpc) is 2.42. The molecule has 106 valence electrons. The third kappa shape index (κ3) is 3.92. The van der Waals surface area contributed by atoms with Gasteiger partial charge in [0.25, 0.3) is 0 Å². The van der Waals surface area contributed by atoms with E-state index in [0.717, 1.165) is 12.8 Å². The molecule has 1 aromatic carbocycles. The van der Waals surface area contributed by atoms with Gasteiger partial charge in [-0.25, -0.2) is 8.78 Å². The van der Waals surface area contributed by atoms with Crippen LogP contribution in [0.4, 0.5) is 8.78 Å². The summed E-state index contributed by atoms with van der Waals surface area (Å²) in [6, 6.07) is 2.49. The zero-order valence-electron chi connectivity index (χ0n) is 10.5. The molecule has 2 rings (SSSR count). The van der Waals surface area contributed by atoms with Crippen LogP contribution >= 0.6 is 27.7 Å². The van der Waals surface area contributed by atoms with Crippen molar-refractivity contribution in [2.45, 2.75) is 43.5 Å². The van der Waals surface area contributed by atoms with Gasteiger partial charge in [-0.15, -0.1) is 0 Å². The number of aliphatic hydroxyl groups is 1. The summed E-state index contributed by atoms with van der Waals surface area (Å²) in [5, 5.41) is 10.5. The SMILES string of the molecule is OC(CSC1CCCCC1)c1c(F)ccc(Br)c1F. The topological polar surface area (TPSA) is 20.2 Å². The zero-order valence-corrected chi connectivity index (χ0v) is 12.9. The van der Waals surface area contributed by atoms with E-state index < -0.39 is 17.7 Å². The average molecular weight is 351 g/mol. The van der Waals surface area contributed by atoms with Crippen molar-refractivity contribution in [3.63, 3.8) is 0 Å². The monoisotopic (exact) mass is 350 g/mol. The first-order valence-corrected chi connectivity index (χ1v) is 8.37. The predicted molar refractivity (Wildman–Crippen MR) is 78.3 cm³/mol. The summed E-state index contributed by atoms with van der Waals surface area (Å²) in [5.74, 6) is -1.04. The number of hydrogen-bond donors (Lipinski definition) is 1. The Morgan fingerprint density at radius 3 is 2.63 bits per heavy atom. The predicted octanol–water partition coefficient (Wildman–Crippen LogP) is 4.83. The highest BCUT2D eigenvalue weighted by molar-refractivity contribution is 9.10. The van der Waals surface area contributed by atoms with Crippen molar-refractivity contribution in [2.24, 2.45) is 0 Å². The summed E-state index contributed by atoms with van der Waals surface area (Å²) < 4.78 is 27.6. The molecule has 1 fully saturated rings. The molecule has 1 N–H and O–H groups in total. The minimum atomic E-state index is -1.09. The van der Waals surface area contributed by atoms with E-state index in [1.54, 1.807) is 11.8 Å². The van der Waals surface area contributed by atoms with Crippen LogP contribution in [0.15, 0.2) is 16.6 Å². The van der Waals surface area contributed by atoms with E-state index in [1.165, 1.54) is 31.4 Å². The maximum Gasteiger partial charge on any atom is 0.146 e. The molecule has 5 heteroatoms. The van der Waals surface area contributed by atoms with Crippen LogP contribution in [-0.2, 0) is 0 Å². The lowest BCUT2D eigenvalue weighted by atomic mass is 10.0. The molecule has 1 aliphatic carbocycles. The molecule has 0 radical (unpaired) electrons. The van der Waals surface area contributed by atoms with Gasteiger partial charge < -0.3 is 5.11 Å². The third-order valence-corrected chi connectivity index (χ3v) is 5.52. The van der Waals surface area contributed by atoms with Crippen molar-refractivity contribution in [3.05, 3.63) is 33.8 Å². The smallest absolute Gasteiger partial charge is 0.146 e. The summed E-state index contributed by atoms with van der Waals surface area (Å²) in [7, 11) is 0. The molecule has 1 saturated carbocycles. The van der Waals surface area contributed by atoms with Gasteiger partial charge in [-0.2, -0.15) is 11.8 Å². The Hall–Kier alpha value is -0.130. The van der Waals surface area contributed by atoms with Crippen molar-refractivity contribution in [3.8, 4) is 0 Å². The van der Waals surface area contributed by atoms with Gasteiger partial charge in [0.05, 0.1) is 16.1 Å². The molecular formula is C14H17BrF2OS. The molecule has 0 aromatic heterocycles. The van der Waals surface area contributed by atoms with E-state index in [9.17, 15) is 13.9 Å². The summed E-state index contributed by atoms with van der Waals surface area (Å²) in [6.45, 7) is 0. The van der Waals surface area contributed by atoms with Crippen LogP contribution in [0, 0.1) is 11.6 Å². The highest BCUT2D eigenvalue weighted by Crippen LogP contribution is 2.33. The molecule has 1 aliphatic rings. The van der Waals surface area contributed by atoms with E-state index in [-0.39, 0.29) is 10.0 Å². The Labute approximate surface area is 124 Å². The van der Waals surface area contributed by atoms with Crippen molar-refractivity contribution in [1.82, 2.24) is 0 Å². The second-order valence-electron chi connectivity index (χ2n) is 4.87. The Kier molecular flexibility index (Phi) is 5.66. The number of rotatable bonds is 4. The summed E-state index contributed by atoms with van der Waals surface area (Å²) >= 11 is 4.64. The fourth-order valence-corrected chi connectivity index (χ4v) is 4.02. The molecule has 1 atom stereocenters. The quantitative estimate of drug-likeness (QED) is 0.785. The maximum absolute atomic E-state index is 13.8. The largest absolute Gasteiger partial charge is 0.387 e. The standard InChI is InChI=1S/C14H17BrF2OS/c15-10-6-7-11(16)13(14(10)17)12(18)8-19-9-4-2-1-3-5-9/h6-7,9,12,18H,1-5,8H2. The lowest BCUT2D eigenvalue weighted by Gasteiger charge is -2.22. The van der Waals surface area contributed by atoms with Crippen molar-refractivity contribution in [2.75, 3.05) is 5.75 Å². The van der Waals surface area contributed by atoms with E-state index in [4.69, 9.17) is 0 Å². The fraction of sp³-hybridized carbons (Fsp3) is 0.571. The van der Waals surface area contributed by atoms with E-state index >= 15 is 0 Å². The molecule has 0 bridgehead atoms. The molecule has 0 aliphatic heterocycles. The molecule has 19 heavy (non-hydrogen) atoms. The van der Waals surface area contributed by atoms with Crippen molar-refractivity contribution in [1.29, 1.82) is 0 Å². The minimum absolute atomic E-state index is 0.186. The lowest BCUT2D eigenvalue weighted by Crippen LogP contribution is -2.13. The van der Waals surface area contributed by atoms with Gasteiger partial charge >= 0.3 is 0 Å². The fourth-order valence-electron chi connectivity index (χ4n) is 2.39. The number of benzene rings is 1. The number of halogens is 3. The Bertz CT molecular complexity index is 436. The van der Waals surface area contributed by atoms with E-state index in [0.29, 0.717) is 11.0 Å². The molecule has 0 heterocycles. The Morgan fingerprint density at radius 2 is 1.95 bits per heavy atom. The van der Waals surface area contributed by atoms with Crippen LogP contribution in [0.2, 0.25) is 0 Å². The third-order valence-electron chi connectivity index (χ3n) is 3.45. The Balaban J connectivity index is 1.99. The van der Waals surface area contributed by atoms with Crippen molar-refractivity contribution >= 4 is 27.7 Å².